The summed E-state index contributed by atoms with van der Waals surface area (Å²) in [4.78, 5) is 16.5. The van der Waals surface area contributed by atoms with E-state index < -0.39 is 10.0 Å². The van der Waals surface area contributed by atoms with Crippen LogP contribution < -0.4 is 9.64 Å². The molecule has 8 heteroatoms. The molecule has 1 heterocycles. The van der Waals surface area contributed by atoms with Gasteiger partial charge < -0.3 is 9.64 Å². The second kappa shape index (κ2) is 9.21. The number of anilines is 1. The van der Waals surface area contributed by atoms with Crippen LogP contribution >= 0.6 is 11.3 Å². The minimum atomic E-state index is -3.69. The predicted molar refractivity (Wildman–Crippen MR) is 125 cm³/mol. The van der Waals surface area contributed by atoms with Crippen LogP contribution in [0.3, 0.4) is 0 Å². The second-order valence-corrected chi connectivity index (χ2v) is 10.5. The van der Waals surface area contributed by atoms with Crippen molar-refractivity contribution in [2.24, 2.45) is 0 Å². The van der Waals surface area contributed by atoms with Crippen LogP contribution in [0.1, 0.15) is 26.4 Å². The molecule has 31 heavy (non-hydrogen) atoms. The minimum absolute atomic E-state index is 0.145. The fourth-order valence-corrected chi connectivity index (χ4v) is 5.08. The molecule has 3 aromatic rings. The average Bonchev–Trinajstić information content (AvgIpc) is 3.26. The third kappa shape index (κ3) is 4.81. The standard InChI is InChI=1S/C23H26N2O4S2/c1-16-13-18(14-22(17(16)2)31(27,28)24(3)4)23(26)25(15-21-7-6-12-30-21)19-8-10-20(29-5)11-9-19/h6-14H,15H2,1-5H3. The molecule has 0 bridgehead atoms. The molecule has 6 nitrogen and oxygen atoms in total. The van der Waals surface area contributed by atoms with E-state index in [1.165, 1.54) is 20.2 Å². The van der Waals surface area contributed by atoms with Crippen LogP contribution in [-0.2, 0) is 16.6 Å². The molecule has 1 amide bonds. The van der Waals surface area contributed by atoms with Gasteiger partial charge in [0.15, 0.2) is 0 Å². The van der Waals surface area contributed by atoms with Crippen molar-refractivity contribution < 1.29 is 17.9 Å². The maximum atomic E-state index is 13.6. The van der Waals surface area contributed by atoms with Gasteiger partial charge in [0.1, 0.15) is 5.75 Å². The Morgan fingerprint density at radius 3 is 2.29 bits per heavy atom. The molecule has 0 N–H and O–H groups in total. The summed E-state index contributed by atoms with van der Waals surface area (Å²) in [6, 6.07) is 14.4. The van der Waals surface area contributed by atoms with Crippen LogP contribution in [0.2, 0.25) is 0 Å². The number of methoxy groups -OCH3 is 1. The molecule has 0 aliphatic carbocycles. The lowest BCUT2D eigenvalue weighted by molar-refractivity contribution is 0.0985. The Balaban J connectivity index is 2.09. The molecule has 0 saturated heterocycles. The number of aryl methyl sites for hydroxylation is 1. The summed E-state index contributed by atoms with van der Waals surface area (Å²) in [6.07, 6.45) is 0. The number of sulfonamides is 1. The van der Waals surface area contributed by atoms with Gasteiger partial charge in [-0.3, -0.25) is 4.79 Å². The second-order valence-electron chi connectivity index (χ2n) is 7.37. The van der Waals surface area contributed by atoms with Crippen molar-refractivity contribution >= 4 is 33.0 Å². The number of hydrogen-bond donors (Lipinski definition) is 0. The molecule has 0 fully saturated rings. The Bertz CT molecular complexity index is 1170. The lowest BCUT2D eigenvalue weighted by Crippen LogP contribution is -2.31. The first-order chi connectivity index (χ1) is 14.6. The SMILES string of the molecule is COc1ccc(N(Cc2cccs2)C(=O)c2cc(C)c(C)c(S(=O)(=O)N(C)C)c2)cc1. The van der Waals surface area contributed by atoms with Gasteiger partial charge in [0.05, 0.1) is 18.6 Å². The molecule has 0 radical (unpaired) electrons. The fourth-order valence-electron chi connectivity index (χ4n) is 3.17. The van der Waals surface area contributed by atoms with Crippen molar-refractivity contribution in [2.75, 3.05) is 26.1 Å². The van der Waals surface area contributed by atoms with Crippen molar-refractivity contribution in [2.45, 2.75) is 25.3 Å². The summed E-state index contributed by atoms with van der Waals surface area (Å²) in [5.41, 5.74) is 2.42. The maximum absolute atomic E-state index is 13.6. The summed E-state index contributed by atoms with van der Waals surface area (Å²) in [5, 5.41) is 1.96. The highest BCUT2D eigenvalue weighted by atomic mass is 32.2. The first-order valence-electron chi connectivity index (χ1n) is 9.67. The maximum Gasteiger partial charge on any atom is 0.258 e. The summed E-state index contributed by atoms with van der Waals surface area (Å²) >= 11 is 1.56. The van der Waals surface area contributed by atoms with Crippen LogP contribution in [0.15, 0.2) is 58.8 Å². The van der Waals surface area contributed by atoms with Gasteiger partial charge in [0.25, 0.3) is 5.91 Å². The van der Waals surface area contributed by atoms with E-state index in [1.54, 1.807) is 48.5 Å². The zero-order chi connectivity index (χ0) is 22.8. The van der Waals surface area contributed by atoms with E-state index in [2.05, 4.69) is 0 Å². The summed E-state index contributed by atoms with van der Waals surface area (Å²) in [6.45, 7) is 3.95. The van der Waals surface area contributed by atoms with Gasteiger partial charge in [0, 0.05) is 30.2 Å². The number of ether oxygens (including phenoxy) is 1. The van der Waals surface area contributed by atoms with Gasteiger partial charge in [-0.2, -0.15) is 0 Å². The zero-order valence-corrected chi connectivity index (χ0v) is 19.9. The Morgan fingerprint density at radius 1 is 1.06 bits per heavy atom. The number of nitrogens with zero attached hydrogens (tertiary/aromatic N) is 2. The molecule has 0 spiro atoms. The van der Waals surface area contributed by atoms with Crippen LogP contribution in [-0.4, -0.2) is 39.8 Å². The lowest BCUT2D eigenvalue weighted by Gasteiger charge is -2.24. The van der Waals surface area contributed by atoms with Gasteiger partial charge in [-0.15, -0.1) is 11.3 Å². The normalized spacial score (nSPS) is 11.5. The van der Waals surface area contributed by atoms with Crippen molar-refractivity contribution in [3.8, 4) is 5.75 Å². The molecule has 164 valence electrons. The summed E-state index contributed by atoms with van der Waals surface area (Å²) < 4.78 is 32.1. The Kier molecular flexibility index (Phi) is 6.83. The van der Waals surface area contributed by atoms with Gasteiger partial charge >= 0.3 is 0 Å². The summed E-state index contributed by atoms with van der Waals surface area (Å²) in [7, 11) is 0.872. The van der Waals surface area contributed by atoms with Gasteiger partial charge in [-0.1, -0.05) is 6.07 Å². The third-order valence-electron chi connectivity index (χ3n) is 5.15. The Morgan fingerprint density at radius 2 is 1.74 bits per heavy atom. The van der Waals surface area contributed by atoms with Crippen LogP contribution in [0.25, 0.3) is 0 Å². The molecule has 0 atom stereocenters. The van der Waals surface area contributed by atoms with E-state index in [9.17, 15) is 13.2 Å². The number of thiophene rings is 1. The number of carbonyl (C=O) groups is 1. The van der Waals surface area contributed by atoms with E-state index in [1.807, 2.05) is 36.6 Å². The quantitative estimate of drug-likeness (QED) is 0.524. The number of hydrogen-bond acceptors (Lipinski definition) is 5. The minimum Gasteiger partial charge on any atom is -0.497 e. The number of amides is 1. The molecular formula is C23H26N2O4S2. The van der Waals surface area contributed by atoms with E-state index >= 15 is 0 Å². The predicted octanol–water partition coefficient (Wildman–Crippen LogP) is 4.47. The fraction of sp³-hybridized carbons (Fsp3) is 0.261. The Labute approximate surface area is 187 Å². The van der Waals surface area contributed by atoms with Crippen LogP contribution in [0.4, 0.5) is 5.69 Å². The molecular weight excluding hydrogens is 432 g/mol. The first-order valence-corrected chi connectivity index (χ1v) is 12.0. The molecule has 2 aromatic carbocycles. The van der Waals surface area contributed by atoms with Crippen molar-refractivity contribution in [3.63, 3.8) is 0 Å². The molecule has 0 aliphatic heterocycles. The number of benzene rings is 2. The van der Waals surface area contributed by atoms with Crippen LogP contribution in [0, 0.1) is 13.8 Å². The van der Waals surface area contributed by atoms with Crippen LogP contribution in [0.5, 0.6) is 5.75 Å². The number of rotatable bonds is 7. The average molecular weight is 459 g/mol. The topological polar surface area (TPSA) is 66.9 Å². The molecule has 0 unspecified atom stereocenters. The van der Waals surface area contributed by atoms with E-state index in [4.69, 9.17) is 4.74 Å². The molecule has 1 aromatic heterocycles. The highest BCUT2D eigenvalue weighted by Gasteiger charge is 2.25. The van der Waals surface area contributed by atoms with Gasteiger partial charge in [0.2, 0.25) is 10.0 Å². The molecule has 3 rings (SSSR count). The third-order valence-corrected chi connectivity index (χ3v) is 7.95. The van der Waals surface area contributed by atoms with Crippen molar-refractivity contribution in [3.05, 3.63) is 75.5 Å². The monoisotopic (exact) mass is 458 g/mol. The van der Waals surface area contributed by atoms with E-state index in [-0.39, 0.29) is 10.8 Å². The lowest BCUT2D eigenvalue weighted by atomic mass is 10.0. The highest BCUT2D eigenvalue weighted by molar-refractivity contribution is 7.89. The smallest absolute Gasteiger partial charge is 0.258 e. The van der Waals surface area contributed by atoms with Gasteiger partial charge in [-0.05, 0) is 72.8 Å². The van der Waals surface area contributed by atoms with E-state index in [0.29, 0.717) is 29.1 Å². The largest absolute Gasteiger partial charge is 0.497 e. The molecule has 0 aliphatic rings. The molecule has 0 saturated carbocycles. The summed E-state index contributed by atoms with van der Waals surface area (Å²) in [5.74, 6) is 0.426. The first kappa shape index (κ1) is 23.0. The number of carbonyl (C=O) groups excluding carboxylic acids is 1. The highest BCUT2D eigenvalue weighted by Crippen LogP contribution is 2.28. The van der Waals surface area contributed by atoms with Crippen molar-refractivity contribution in [1.29, 1.82) is 0 Å². The van der Waals surface area contributed by atoms with Crippen molar-refractivity contribution in [1.82, 2.24) is 4.31 Å². The van der Waals surface area contributed by atoms with Gasteiger partial charge in [-0.25, -0.2) is 12.7 Å². The van der Waals surface area contributed by atoms with E-state index in [0.717, 1.165) is 14.7 Å². The zero-order valence-electron chi connectivity index (χ0n) is 18.2. The Hall–Kier alpha value is -2.68.